The third kappa shape index (κ3) is 4.67. The van der Waals surface area contributed by atoms with Crippen LogP contribution in [0.2, 0.25) is 0 Å². The summed E-state index contributed by atoms with van der Waals surface area (Å²) in [6.07, 6.45) is 8.34. The largest absolute Gasteiger partial charge is 0.354 e. The molecule has 5 heteroatoms. The lowest BCUT2D eigenvalue weighted by Crippen LogP contribution is -2.56. The van der Waals surface area contributed by atoms with E-state index in [1.54, 1.807) is 0 Å². The van der Waals surface area contributed by atoms with Crippen LogP contribution < -0.4 is 10.6 Å². The molecule has 4 nitrogen and oxygen atoms in total. The van der Waals surface area contributed by atoms with Gasteiger partial charge in [-0.2, -0.15) is 11.8 Å². The number of carbonyl (C=O) groups is 1. The van der Waals surface area contributed by atoms with E-state index < -0.39 is 0 Å². The molecule has 0 aromatic carbocycles. The molecule has 1 amide bonds. The molecule has 138 valence electrons. The summed E-state index contributed by atoms with van der Waals surface area (Å²) in [4.78, 5) is 15.2. The van der Waals surface area contributed by atoms with Crippen molar-refractivity contribution in [1.82, 2.24) is 15.5 Å². The van der Waals surface area contributed by atoms with Crippen LogP contribution in [0.5, 0.6) is 0 Å². The topological polar surface area (TPSA) is 44.4 Å². The Balaban J connectivity index is 1.48. The molecule has 2 heterocycles. The van der Waals surface area contributed by atoms with Crippen LogP contribution in [0, 0.1) is 11.8 Å². The first-order chi connectivity index (χ1) is 11.7. The molecule has 1 aliphatic carbocycles. The lowest BCUT2D eigenvalue weighted by molar-refractivity contribution is -0.123. The van der Waals surface area contributed by atoms with Gasteiger partial charge in [0.05, 0.1) is 0 Å². The van der Waals surface area contributed by atoms with Gasteiger partial charge in [0.25, 0.3) is 0 Å². The van der Waals surface area contributed by atoms with E-state index in [1.165, 1.54) is 63.1 Å². The summed E-state index contributed by atoms with van der Waals surface area (Å²) < 4.78 is 0. The summed E-state index contributed by atoms with van der Waals surface area (Å²) >= 11 is 2.07. The molecular formula is C19H35N3OS. The molecular weight excluding hydrogens is 318 g/mol. The number of hydrogen-bond donors (Lipinski definition) is 2. The van der Waals surface area contributed by atoms with Crippen molar-refractivity contribution < 1.29 is 4.79 Å². The summed E-state index contributed by atoms with van der Waals surface area (Å²) in [7, 11) is 0. The number of rotatable bonds is 6. The Hall–Kier alpha value is -0.260. The van der Waals surface area contributed by atoms with Gasteiger partial charge in [-0.3, -0.25) is 9.69 Å². The molecule has 3 aliphatic rings. The number of piperidine rings is 1. The van der Waals surface area contributed by atoms with Gasteiger partial charge in [0, 0.05) is 43.1 Å². The van der Waals surface area contributed by atoms with Crippen LogP contribution in [-0.2, 0) is 4.79 Å². The quantitative estimate of drug-likeness (QED) is 0.770. The van der Waals surface area contributed by atoms with Crippen LogP contribution in [0.3, 0.4) is 0 Å². The highest BCUT2D eigenvalue weighted by Gasteiger charge is 2.40. The standard InChI is InChI=1S/C19H35N3OS/c1-16(17-4-8-20-9-5-17)14-18(23)21-15-19(6-2-3-7-19)22-10-12-24-13-11-22/h16-17,20H,2-15H2,1H3,(H,21,23). The third-order valence-corrected chi connectivity index (χ3v) is 7.47. The van der Waals surface area contributed by atoms with Gasteiger partial charge in [0.15, 0.2) is 0 Å². The van der Waals surface area contributed by atoms with Gasteiger partial charge < -0.3 is 10.6 Å². The van der Waals surface area contributed by atoms with Gasteiger partial charge >= 0.3 is 0 Å². The van der Waals surface area contributed by atoms with E-state index in [0.29, 0.717) is 12.3 Å². The highest BCUT2D eigenvalue weighted by molar-refractivity contribution is 7.99. The van der Waals surface area contributed by atoms with Gasteiger partial charge in [-0.25, -0.2) is 0 Å². The maximum absolute atomic E-state index is 12.5. The molecule has 1 unspecified atom stereocenters. The Morgan fingerprint density at radius 3 is 2.58 bits per heavy atom. The zero-order valence-corrected chi connectivity index (χ0v) is 16.1. The van der Waals surface area contributed by atoms with E-state index in [9.17, 15) is 4.79 Å². The van der Waals surface area contributed by atoms with E-state index >= 15 is 0 Å². The number of nitrogens with one attached hydrogen (secondary N) is 2. The van der Waals surface area contributed by atoms with Crippen LogP contribution >= 0.6 is 11.8 Å². The molecule has 3 rings (SSSR count). The molecule has 1 atom stereocenters. The first-order valence-electron chi connectivity index (χ1n) is 10.00. The van der Waals surface area contributed by atoms with Crippen molar-refractivity contribution in [3.63, 3.8) is 0 Å². The molecule has 0 bridgehead atoms. The van der Waals surface area contributed by atoms with E-state index in [2.05, 4.69) is 34.2 Å². The zero-order chi connectivity index (χ0) is 16.8. The fourth-order valence-electron chi connectivity index (χ4n) is 4.88. The van der Waals surface area contributed by atoms with Crippen LogP contribution in [0.15, 0.2) is 0 Å². The summed E-state index contributed by atoms with van der Waals surface area (Å²) in [5.41, 5.74) is 0.259. The van der Waals surface area contributed by atoms with Gasteiger partial charge in [0.2, 0.25) is 5.91 Å². The van der Waals surface area contributed by atoms with Crippen molar-refractivity contribution >= 4 is 17.7 Å². The summed E-state index contributed by atoms with van der Waals surface area (Å²) in [6, 6.07) is 0. The molecule has 2 N–H and O–H groups in total. The Kier molecular flexibility index (Phi) is 6.88. The zero-order valence-electron chi connectivity index (χ0n) is 15.3. The van der Waals surface area contributed by atoms with Crippen molar-refractivity contribution in [2.24, 2.45) is 11.8 Å². The molecule has 0 spiro atoms. The first-order valence-corrected chi connectivity index (χ1v) is 11.2. The van der Waals surface area contributed by atoms with E-state index in [0.717, 1.165) is 25.6 Å². The second-order valence-electron chi connectivity index (χ2n) is 8.08. The minimum absolute atomic E-state index is 0.259. The van der Waals surface area contributed by atoms with Gasteiger partial charge in [0.1, 0.15) is 0 Å². The van der Waals surface area contributed by atoms with E-state index in [1.807, 2.05) is 0 Å². The number of nitrogens with zero attached hydrogens (tertiary/aromatic N) is 1. The first kappa shape index (κ1) is 18.5. The fraction of sp³-hybridized carbons (Fsp3) is 0.947. The second-order valence-corrected chi connectivity index (χ2v) is 9.30. The Morgan fingerprint density at radius 1 is 1.25 bits per heavy atom. The van der Waals surface area contributed by atoms with Crippen molar-refractivity contribution in [3.05, 3.63) is 0 Å². The minimum Gasteiger partial charge on any atom is -0.354 e. The molecule has 2 aliphatic heterocycles. The molecule has 1 saturated carbocycles. The molecule has 0 radical (unpaired) electrons. The number of carbonyl (C=O) groups excluding carboxylic acids is 1. The number of hydrogen-bond acceptors (Lipinski definition) is 4. The molecule has 2 saturated heterocycles. The monoisotopic (exact) mass is 353 g/mol. The van der Waals surface area contributed by atoms with Crippen LogP contribution in [0.25, 0.3) is 0 Å². The lowest BCUT2D eigenvalue weighted by Gasteiger charge is -2.43. The van der Waals surface area contributed by atoms with E-state index in [4.69, 9.17) is 0 Å². The second kappa shape index (κ2) is 8.91. The predicted molar refractivity (Wildman–Crippen MR) is 102 cm³/mol. The Labute approximate surface area is 151 Å². The number of thioether (sulfide) groups is 1. The summed E-state index contributed by atoms with van der Waals surface area (Å²) in [5, 5.41) is 6.75. The highest BCUT2D eigenvalue weighted by atomic mass is 32.2. The average molecular weight is 354 g/mol. The van der Waals surface area contributed by atoms with Gasteiger partial charge in [-0.1, -0.05) is 19.8 Å². The third-order valence-electron chi connectivity index (χ3n) is 6.53. The maximum atomic E-state index is 12.5. The van der Waals surface area contributed by atoms with Crippen LogP contribution in [-0.4, -0.2) is 60.6 Å². The molecule has 3 fully saturated rings. The smallest absolute Gasteiger partial charge is 0.220 e. The average Bonchev–Trinajstić information content (AvgIpc) is 3.12. The van der Waals surface area contributed by atoms with Crippen molar-refractivity contribution in [1.29, 1.82) is 0 Å². The van der Waals surface area contributed by atoms with Crippen LogP contribution in [0.1, 0.15) is 51.9 Å². The van der Waals surface area contributed by atoms with Crippen molar-refractivity contribution in [2.45, 2.75) is 57.4 Å². The fourth-order valence-corrected chi connectivity index (χ4v) is 5.79. The Bertz CT molecular complexity index is 399. The lowest BCUT2D eigenvalue weighted by atomic mass is 9.84. The predicted octanol–water partition coefficient (Wildman–Crippen LogP) is 2.49. The molecule has 24 heavy (non-hydrogen) atoms. The molecule has 0 aromatic rings. The van der Waals surface area contributed by atoms with Crippen molar-refractivity contribution in [2.75, 3.05) is 44.2 Å². The van der Waals surface area contributed by atoms with Gasteiger partial charge in [-0.05, 0) is 50.6 Å². The maximum Gasteiger partial charge on any atom is 0.220 e. The normalized spacial score (nSPS) is 27.0. The molecule has 0 aromatic heterocycles. The van der Waals surface area contributed by atoms with Crippen molar-refractivity contribution in [3.8, 4) is 0 Å². The summed E-state index contributed by atoms with van der Waals surface area (Å²) in [5.74, 6) is 4.01. The SMILES string of the molecule is CC(CC(=O)NCC1(N2CCSCC2)CCCC1)C1CCNCC1. The van der Waals surface area contributed by atoms with Crippen LogP contribution in [0.4, 0.5) is 0 Å². The minimum atomic E-state index is 0.259. The van der Waals surface area contributed by atoms with Gasteiger partial charge in [-0.15, -0.1) is 0 Å². The van der Waals surface area contributed by atoms with E-state index in [-0.39, 0.29) is 11.4 Å². The highest BCUT2D eigenvalue weighted by Crippen LogP contribution is 2.36. The Morgan fingerprint density at radius 2 is 1.92 bits per heavy atom. The summed E-state index contributed by atoms with van der Waals surface area (Å²) in [6.45, 7) is 7.77. The number of amides is 1.